The molecule has 1 aromatic carbocycles. The topological polar surface area (TPSA) is 71.0 Å². The molecule has 0 radical (unpaired) electrons. The van der Waals surface area contributed by atoms with Gasteiger partial charge in [0.2, 0.25) is 5.91 Å². The summed E-state index contributed by atoms with van der Waals surface area (Å²) >= 11 is 0. The van der Waals surface area contributed by atoms with E-state index in [2.05, 4.69) is 10.5 Å². The fourth-order valence-corrected chi connectivity index (χ4v) is 4.44. The molecule has 4 rings (SSSR count). The molecule has 6 heteroatoms. The lowest BCUT2D eigenvalue weighted by atomic mass is 9.88. The van der Waals surface area contributed by atoms with Crippen LogP contribution in [0.5, 0.6) is 0 Å². The van der Waals surface area contributed by atoms with Gasteiger partial charge in [-0.25, -0.2) is 0 Å². The van der Waals surface area contributed by atoms with E-state index in [4.69, 9.17) is 4.84 Å². The standard InChI is InChI=1S/C22H29N3O3/c26-21(17-9-5-2-6-10-17)23-18-11-13-25(14-12-18)22(27)19-15-20(28-24-19)16-7-3-1-4-8-16/h1,3-4,7-8,17-18,20H,2,5-6,9-15H2,(H,23,26). The van der Waals surface area contributed by atoms with Crippen molar-refractivity contribution in [3.63, 3.8) is 0 Å². The summed E-state index contributed by atoms with van der Waals surface area (Å²) < 4.78 is 0. The van der Waals surface area contributed by atoms with E-state index >= 15 is 0 Å². The summed E-state index contributed by atoms with van der Waals surface area (Å²) in [4.78, 5) is 32.5. The van der Waals surface area contributed by atoms with Gasteiger partial charge < -0.3 is 15.1 Å². The molecule has 1 unspecified atom stereocenters. The number of likely N-dealkylation sites (tertiary alicyclic amines) is 1. The largest absolute Gasteiger partial charge is 0.387 e. The van der Waals surface area contributed by atoms with Crippen molar-refractivity contribution in [1.82, 2.24) is 10.2 Å². The van der Waals surface area contributed by atoms with Gasteiger partial charge in [-0.1, -0.05) is 54.8 Å². The molecule has 2 aliphatic heterocycles. The zero-order chi connectivity index (χ0) is 19.3. The summed E-state index contributed by atoms with van der Waals surface area (Å²) in [5, 5.41) is 7.27. The Bertz CT molecular complexity index is 720. The molecule has 1 saturated heterocycles. The van der Waals surface area contributed by atoms with Crippen LogP contribution in [0, 0.1) is 5.92 Å². The first-order chi connectivity index (χ1) is 13.7. The van der Waals surface area contributed by atoms with Crippen LogP contribution in [0.4, 0.5) is 0 Å². The first kappa shape index (κ1) is 19.0. The van der Waals surface area contributed by atoms with Gasteiger partial charge in [-0.3, -0.25) is 9.59 Å². The smallest absolute Gasteiger partial charge is 0.271 e. The summed E-state index contributed by atoms with van der Waals surface area (Å²) in [6.07, 6.45) is 7.58. The van der Waals surface area contributed by atoms with Crippen LogP contribution in [-0.2, 0) is 14.4 Å². The highest BCUT2D eigenvalue weighted by Gasteiger charge is 2.33. The van der Waals surface area contributed by atoms with Gasteiger partial charge in [0.15, 0.2) is 6.10 Å². The van der Waals surface area contributed by atoms with Crippen molar-refractivity contribution in [2.45, 2.75) is 63.5 Å². The molecule has 1 aromatic rings. The molecular weight excluding hydrogens is 354 g/mol. The highest BCUT2D eigenvalue weighted by atomic mass is 16.6. The van der Waals surface area contributed by atoms with Crippen molar-refractivity contribution >= 4 is 17.5 Å². The summed E-state index contributed by atoms with van der Waals surface area (Å²) in [5.74, 6) is 0.368. The van der Waals surface area contributed by atoms with Gasteiger partial charge in [-0.05, 0) is 31.2 Å². The van der Waals surface area contributed by atoms with Crippen molar-refractivity contribution in [3.05, 3.63) is 35.9 Å². The quantitative estimate of drug-likeness (QED) is 0.868. The fourth-order valence-electron chi connectivity index (χ4n) is 4.44. The molecule has 3 aliphatic rings. The number of amides is 2. The molecule has 1 aliphatic carbocycles. The van der Waals surface area contributed by atoms with E-state index in [0.717, 1.165) is 31.2 Å². The van der Waals surface area contributed by atoms with Gasteiger partial charge in [0.05, 0.1) is 0 Å². The number of hydrogen-bond acceptors (Lipinski definition) is 4. The Kier molecular flexibility index (Phi) is 5.93. The molecule has 2 fully saturated rings. The van der Waals surface area contributed by atoms with Crippen LogP contribution in [-0.4, -0.2) is 41.6 Å². The van der Waals surface area contributed by atoms with Crippen LogP contribution < -0.4 is 5.32 Å². The van der Waals surface area contributed by atoms with Crippen molar-refractivity contribution in [3.8, 4) is 0 Å². The number of hydrogen-bond donors (Lipinski definition) is 1. The molecule has 0 spiro atoms. The Morgan fingerprint density at radius 2 is 1.71 bits per heavy atom. The lowest BCUT2D eigenvalue weighted by molar-refractivity contribution is -0.127. The third-order valence-corrected chi connectivity index (χ3v) is 6.19. The molecule has 2 heterocycles. The fraction of sp³-hybridized carbons (Fsp3) is 0.591. The lowest BCUT2D eigenvalue weighted by Crippen LogP contribution is -2.49. The molecule has 0 bridgehead atoms. The van der Waals surface area contributed by atoms with Crippen LogP contribution >= 0.6 is 0 Å². The van der Waals surface area contributed by atoms with Gasteiger partial charge in [0, 0.05) is 31.5 Å². The van der Waals surface area contributed by atoms with E-state index in [1.54, 1.807) is 0 Å². The maximum atomic E-state index is 12.8. The minimum atomic E-state index is -0.174. The van der Waals surface area contributed by atoms with Crippen LogP contribution in [0.1, 0.15) is 63.0 Å². The Balaban J connectivity index is 1.24. The van der Waals surface area contributed by atoms with Gasteiger partial charge in [0.25, 0.3) is 5.91 Å². The maximum Gasteiger partial charge on any atom is 0.271 e. The van der Waals surface area contributed by atoms with Crippen molar-refractivity contribution in [1.29, 1.82) is 0 Å². The van der Waals surface area contributed by atoms with Gasteiger partial charge in [-0.2, -0.15) is 0 Å². The Morgan fingerprint density at radius 1 is 1.00 bits per heavy atom. The van der Waals surface area contributed by atoms with Gasteiger partial charge in [0.1, 0.15) is 5.71 Å². The monoisotopic (exact) mass is 383 g/mol. The number of rotatable bonds is 4. The second kappa shape index (κ2) is 8.76. The van der Waals surface area contributed by atoms with E-state index < -0.39 is 0 Å². The van der Waals surface area contributed by atoms with E-state index in [9.17, 15) is 9.59 Å². The minimum Gasteiger partial charge on any atom is -0.387 e. The molecule has 150 valence electrons. The van der Waals surface area contributed by atoms with Gasteiger partial charge >= 0.3 is 0 Å². The lowest BCUT2D eigenvalue weighted by Gasteiger charge is -2.33. The highest BCUT2D eigenvalue weighted by molar-refractivity contribution is 6.39. The third kappa shape index (κ3) is 4.37. The number of carbonyl (C=O) groups is 2. The highest BCUT2D eigenvalue weighted by Crippen LogP contribution is 2.28. The van der Waals surface area contributed by atoms with E-state index in [1.807, 2.05) is 35.2 Å². The summed E-state index contributed by atoms with van der Waals surface area (Å²) in [5.41, 5.74) is 1.54. The van der Waals surface area contributed by atoms with E-state index in [-0.39, 0.29) is 29.9 Å². The second-order valence-corrected chi connectivity index (χ2v) is 8.16. The number of nitrogens with one attached hydrogen (secondary N) is 1. The third-order valence-electron chi connectivity index (χ3n) is 6.19. The molecule has 2 amide bonds. The summed E-state index contributed by atoms with van der Waals surface area (Å²) in [6, 6.07) is 10.1. The van der Waals surface area contributed by atoms with Crippen molar-refractivity contribution in [2.75, 3.05) is 13.1 Å². The molecule has 6 nitrogen and oxygen atoms in total. The van der Waals surface area contributed by atoms with Crippen LogP contribution in [0.2, 0.25) is 0 Å². The van der Waals surface area contributed by atoms with E-state index in [0.29, 0.717) is 25.2 Å². The zero-order valence-corrected chi connectivity index (χ0v) is 16.3. The predicted octanol–water partition coefficient (Wildman–Crippen LogP) is 3.19. The van der Waals surface area contributed by atoms with Gasteiger partial charge in [-0.15, -0.1) is 0 Å². The normalized spacial score (nSPS) is 23.8. The molecule has 1 atom stereocenters. The molecule has 28 heavy (non-hydrogen) atoms. The molecule has 1 N–H and O–H groups in total. The number of oxime groups is 1. The second-order valence-electron chi connectivity index (χ2n) is 8.16. The predicted molar refractivity (Wildman–Crippen MR) is 107 cm³/mol. The number of nitrogens with zero attached hydrogens (tertiary/aromatic N) is 2. The molecule has 1 saturated carbocycles. The number of piperidine rings is 1. The Hall–Kier alpha value is -2.37. The SMILES string of the molecule is O=C(NC1CCN(C(=O)C2=NOC(c3ccccc3)C2)CC1)C1CCCCC1. The average Bonchev–Trinajstić information content (AvgIpc) is 3.25. The summed E-state index contributed by atoms with van der Waals surface area (Å²) in [7, 11) is 0. The number of carbonyl (C=O) groups excluding carboxylic acids is 2. The van der Waals surface area contributed by atoms with E-state index in [1.165, 1.54) is 19.3 Å². The first-order valence-corrected chi connectivity index (χ1v) is 10.6. The summed E-state index contributed by atoms with van der Waals surface area (Å²) in [6.45, 7) is 1.31. The van der Waals surface area contributed by atoms with Crippen molar-refractivity contribution < 1.29 is 14.4 Å². The average molecular weight is 383 g/mol. The van der Waals surface area contributed by atoms with Crippen LogP contribution in [0.3, 0.4) is 0 Å². The maximum absolute atomic E-state index is 12.8. The minimum absolute atomic E-state index is 0.0320. The molecule has 0 aromatic heterocycles. The van der Waals surface area contributed by atoms with Crippen LogP contribution in [0.25, 0.3) is 0 Å². The number of benzene rings is 1. The Morgan fingerprint density at radius 3 is 2.43 bits per heavy atom. The molecular formula is C22H29N3O3. The van der Waals surface area contributed by atoms with Crippen molar-refractivity contribution in [2.24, 2.45) is 11.1 Å². The first-order valence-electron chi connectivity index (χ1n) is 10.6. The zero-order valence-electron chi connectivity index (χ0n) is 16.3. The van der Waals surface area contributed by atoms with Crippen LogP contribution in [0.15, 0.2) is 35.5 Å². The Labute approximate surface area is 166 Å².